The number of carbonyl (C=O) groups is 1. The molecule has 0 rings (SSSR count). The van der Waals surface area contributed by atoms with Gasteiger partial charge in [-0.25, -0.2) is 0 Å². The van der Waals surface area contributed by atoms with Gasteiger partial charge < -0.3 is 5.32 Å². The fourth-order valence-corrected chi connectivity index (χ4v) is 0.482. The predicted octanol–water partition coefficient (Wildman–Crippen LogP) is 1.39. The average Bonchev–Trinajstić information content (AvgIpc) is 1.85. The molecule has 0 radical (unpaired) electrons. The zero-order chi connectivity index (χ0) is 9.99. The lowest BCUT2D eigenvalue weighted by Crippen LogP contribution is -2.47. The van der Waals surface area contributed by atoms with Crippen LogP contribution < -0.4 is 5.32 Å². The second-order valence-electron chi connectivity index (χ2n) is 2.69. The van der Waals surface area contributed by atoms with Crippen LogP contribution in [-0.2, 0) is 4.79 Å². The maximum absolute atomic E-state index is 12.2. The van der Waals surface area contributed by atoms with E-state index in [1.54, 1.807) is 6.07 Å². The molecule has 0 saturated heterocycles. The summed E-state index contributed by atoms with van der Waals surface area (Å²) >= 11 is 1.87. The highest BCUT2D eigenvalue weighted by Crippen LogP contribution is 2.22. The molecule has 1 N–H and O–H groups in total. The van der Waals surface area contributed by atoms with Crippen LogP contribution in [0.1, 0.15) is 13.8 Å². The van der Waals surface area contributed by atoms with E-state index >= 15 is 0 Å². The van der Waals surface area contributed by atoms with Crippen LogP contribution in [0.4, 0.5) is 8.78 Å². The highest BCUT2D eigenvalue weighted by Gasteiger charge is 2.38. The van der Waals surface area contributed by atoms with Crippen molar-refractivity contribution < 1.29 is 13.6 Å². The summed E-state index contributed by atoms with van der Waals surface area (Å²) in [6, 6.07) is 1.66. The molecule has 0 aromatic rings. The molecule has 0 aliphatic heterocycles. The first-order chi connectivity index (χ1) is 5.19. The van der Waals surface area contributed by atoms with Crippen LogP contribution in [0, 0.1) is 11.3 Å². The number of hydrogen-bond donors (Lipinski definition) is 1. The third kappa shape index (κ3) is 3.62. The number of hydrogen-bond acceptors (Lipinski definition) is 2. The number of carbonyl (C=O) groups excluding carboxylic acids is 1. The number of nitrogens with one attached hydrogen (secondary N) is 1. The maximum atomic E-state index is 12.2. The largest absolute Gasteiger partial charge is 0.377 e. The van der Waals surface area contributed by atoms with E-state index in [9.17, 15) is 13.6 Å². The van der Waals surface area contributed by atoms with Gasteiger partial charge in [-0.3, -0.25) is 4.79 Å². The van der Waals surface area contributed by atoms with Crippen LogP contribution in [0.5, 0.6) is 0 Å². The minimum atomic E-state index is -3.62. The number of nitriles is 1. The van der Waals surface area contributed by atoms with Crippen molar-refractivity contribution in [2.75, 3.05) is 0 Å². The first-order valence-electron chi connectivity index (χ1n) is 2.99. The molecule has 0 unspecified atom stereocenters. The molecule has 68 valence electrons. The van der Waals surface area contributed by atoms with Gasteiger partial charge in [-0.2, -0.15) is 14.0 Å². The van der Waals surface area contributed by atoms with Gasteiger partial charge in [0.25, 0.3) is 0 Å². The summed E-state index contributed by atoms with van der Waals surface area (Å²) in [6.45, 7) is 2.65. The van der Waals surface area contributed by atoms with Gasteiger partial charge in [0.15, 0.2) is 0 Å². The van der Waals surface area contributed by atoms with E-state index in [0.717, 1.165) is 0 Å². The topological polar surface area (TPSA) is 52.9 Å². The van der Waals surface area contributed by atoms with E-state index in [-0.39, 0.29) is 0 Å². The van der Waals surface area contributed by atoms with Crippen molar-refractivity contribution in [2.45, 2.75) is 24.2 Å². The Labute approximate surface area is 76.9 Å². The number of nitrogens with zero attached hydrogens (tertiary/aromatic N) is 1. The lowest BCUT2D eigenvalue weighted by Gasteiger charge is -2.19. The fraction of sp³-hybridized carbons (Fsp3) is 0.667. The number of rotatable bonds is 2. The average molecular weight is 241 g/mol. The van der Waals surface area contributed by atoms with E-state index < -0.39 is 16.3 Å². The molecule has 6 heteroatoms. The second-order valence-corrected chi connectivity index (χ2v) is 3.68. The van der Waals surface area contributed by atoms with Gasteiger partial charge in [0.1, 0.15) is 5.54 Å². The minimum Gasteiger partial charge on any atom is -0.332 e. The Balaban J connectivity index is 4.33. The number of halogens is 3. The Bertz CT molecular complexity index is 229. The zero-order valence-electron chi connectivity index (χ0n) is 6.49. The van der Waals surface area contributed by atoms with Crippen molar-refractivity contribution in [3.8, 4) is 6.07 Å². The van der Waals surface area contributed by atoms with Gasteiger partial charge in [-0.05, 0) is 13.8 Å². The summed E-state index contributed by atoms with van der Waals surface area (Å²) in [5, 5.41) is 10.2. The Morgan fingerprint density at radius 2 is 2.00 bits per heavy atom. The Hall–Kier alpha value is -0.700. The van der Waals surface area contributed by atoms with E-state index in [4.69, 9.17) is 5.26 Å². The van der Waals surface area contributed by atoms with Gasteiger partial charge in [0.05, 0.1) is 6.07 Å². The monoisotopic (exact) mass is 240 g/mol. The standard InChI is InChI=1S/C6H7BrF2N2O/c1-5(2,3-10)11-4(12)6(7,8)9/h1-2H3,(H,11,12). The van der Waals surface area contributed by atoms with Gasteiger partial charge in [-0.15, -0.1) is 0 Å². The first kappa shape index (κ1) is 11.3. The molecule has 0 atom stereocenters. The Morgan fingerprint density at radius 1 is 1.58 bits per heavy atom. The van der Waals surface area contributed by atoms with Gasteiger partial charge >= 0.3 is 10.7 Å². The predicted molar refractivity (Wildman–Crippen MR) is 41.7 cm³/mol. The normalized spacial score (nSPS) is 12.0. The van der Waals surface area contributed by atoms with Crippen molar-refractivity contribution >= 4 is 21.8 Å². The minimum absolute atomic E-state index is 1.28. The highest BCUT2D eigenvalue weighted by molar-refractivity contribution is 9.10. The van der Waals surface area contributed by atoms with Crippen molar-refractivity contribution in [3.05, 3.63) is 0 Å². The maximum Gasteiger partial charge on any atom is 0.377 e. The summed E-state index contributed by atoms with van der Waals surface area (Å²) in [5.41, 5.74) is -1.28. The molecule has 0 aromatic carbocycles. The smallest absolute Gasteiger partial charge is 0.332 e. The van der Waals surface area contributed by atoms with Crippen LogP contribution in [0.15, 0.2) is 0 Å². The van der Waals surface area contributed by atoms with Crippen molar-refractivity contribution in [2.24, 2.45) is 0 Å². The van der Waals surface area contributed by atoms with Crippen LogP contribution in [-0.4, -0.2) is 16.3 Å². The van der Waals surface area contributed by atoms with E-state index in [1.807, 2.05) is 21.2 Å². The SMILES string of the molecule is CC(C)(C#N)NC(=O)C(F)(F)Br. The van der Waals surface area contributed by atoms with Crippen LogP contribution >= 0.6 is 15.9 Å². The van der Waals surface area contributed by atoms with Crippen LogP contribution in [0.3, 0.4) is 0 Å². The fourth-order valence-electron chi connectivity index (χ4n) is 0.383. The van der Waals surface area contributed by atoms with Crippen molar-refractivity contribution in [1.82, 2.24) is 5.32 Å². The molecular weight excluding hydrogens is 234 g/mol. The molecule has 0 bridgehead atoms. The molecule has 0 aromatic heterocycles. The Kier molecular flexibility index (Phi) is 3.16. The van der Waals surface area contributed by atoms with Crippen LogP contribution in [0.2, 0.25) is 0 Å². The lowest BCUT2D eigenvalue weighted by molar-refractivity contribution is -0.135. The zero-order valence-corrected chi connectivity index (χ0v) is 8.08. The van der Waals surface area contributed by atoms with Crippen molar-refractivity contribution in [3.63, 3.8) is 0 Å². The third-order valence-corrected chi connectivity index (χ3v) is 1.32. The summed E-state index contributed by atoms with van der Waals surface area (Å²) < 4.78 is 24.4. The number of alkyl halides is 3. The summed E-state index contributed by atoms with van der Waals surface area (Å²) in [4.78, 5) is 6.96. The summed E-state index contributed by atoms with van der Waals surface area (Å²) in [6.07, 6.45) is 0. The van der Waals surface area contributed by atoms with E-state index in [1.165, 1.54) is 13.8 Å². The first-order valence-corrected chi connectivity index (χ1v) is 3.79. The molecule has 0 fully saturated rings. The molecule has 0 spiro atoms. The molecule has 0 saturated carbocycles. The Morgan fingerprint density at radius 3 is 2.25 bits per heavy atom. The van der Waals surface area contributed by atoms with Gasteiger partial charge in [0, 0.05) is 15.9 Å². The van der Waals surface area contributed by atoms with Crippen molar-refractivity contribution in [1.29, 1.82) is 5.26 Å². The molecule has 0 aliphatic rings. The van der Waals surface area contributed by atoms with E-state index in [0.29, 0.717) is 0 Å². The highest BCUT2D eigenvalue weighted by atomic mass is 79.9. The molecule has 3 nitrogen and oxygen atoms in total. The molecular formula is C6H7BrF2N2O. The second kappa shape index (κ2) is 3.35. The summed E-state index contributed by atoms with van der Waals surface area (Å²) in [5.74, 6) is -1.52. The third-order valence-electron chi connectivity index (χ3n) is 0.963. The van der Waals surface area contributed by atoms with Crippen LogP contribution in [0.25, 0.3) is 0 Å². The molecule has 0 aliphatic carbocycles. The molecule has 12 heavy (non-hydrogen) atoms. The molecule has 0 heterocycles. The number of amides is 1. The molecule has 1 amide bonds. The van der Waals surface area contributed by atoms with E-state index in [2.05, 4.69) is 0 Å². The van der Waals surface area contributed by atoms with Gasteiger partial charge in [0.2, 0.25) is 0 Å². The summed E-state index contributed by atoms with van der Waals surface area (Å²) in [7, 11) is 0. The lowest BCUT2D eigenvalue weighted by atomic mass is 10.1. The quantitative estimate of drug-likeness (QED) is 0.742. The van der Waals surface area contributed by atoms with Gasteiger partial charge in [-0.1, -0.05) is 0 Å².